The fourth-order valence-electron chi connectivity index (χ4n) is 1.86. The van der Waals surface area contributed by atoms with Gasteiger partial charge in [-0.3, -0.25) is 14.6 Å². The second-order valence-corrected chi connectivity index (χ2v) is 4.56. The number of nitrogens with zero attached hydrogens (tertiary/aromatic N) is 2. The summed E-state index contributed by atoms with van der Waals surface area (Å²) in [4.78, 5) is 28.4. The van der Waals surface area contributed by atoms with Crippen LogP contribution in [0.4, 0.5) is 11.4 Å². The van der Waals surface area contributed by atoms with Crippen molar-refractivity contribution in [1.29, 1.82) is 0 Å². The summed E-state index contributed by atoms with van der Waals surface area (Å²) in [5.41, 5.74) is 1.44. The number of carbonyl (C=O) groups is 2. The number of pyridine rings is 1. The lowest BCUT2D eigenvalue weighted by Gasteiger charge is -2.17. The SMILES string of the molecule is CN(C)c1ccncc1NC(=O)[C@@H]1C[C@@H]1C(=O)O. The van der Waals surface area contributed by atoms with Gasteiger partial charge in [-0.1, -0.05) is 0 Å². The van der Waals surface area contributed by atoms with Crippen molar-refractivity contribution in [2.24, 2.45) is 11.8 Å². The van der Waals surface area contributed by atoms with E-state index in [1.165, 1.54) is 0 Å². The molecule has 0 bridgehead atoms. The van der Waals surface area contributed by atoms with Gasteiger partial charge in [-0.25, -0.2) is 0 Å². The Balaban J connectivity index is 2.06. The Morgan fingerprint density at radius 1 is 1.44 bits per heavy atom. The van der Waals surface area contributed by atoms with Crippen LogP contribution in [0.1, 0.15) is 6.42 Å². The van der Waals surface area contributed by atoms with Gasteiger partial charge in [-0.2, -0.15) is 0 Å². The third-order valence-corrected chi connectivity index (χ3v) is 2.98. The van der Waals surface area contributed by atoms with Crippen LogP contribution in [0.3, 0.4) is 0 Å². The summed E-state index contributed by atoms with van der Waals surface area (Å²) in [6.45, 7) is 0. The molecule has 6 heteroatoms. The summed E-state index contributed by atoms with van der Waals surface area (Å²) in [6.07, 6.45) is 3.62. The topological polar surface area (TPSA) is 82.5 Å². The molecule has 2 N–H and O–H groups in total. The predicted molar refractivity (Wildman–Crippen MR) is 66.4 cm³/mol. The van der Waals surface area contributed by atoms with E-state index < -0.39 is 17.8 Å². The number of carboxylic acid groups (broad SMARTS) is 1. The van der Waals surface area contributed by atoms with Gasteiger partial charge in [0.25, 0.3) is 0 Å². The van der Waals surface area contributed by atoms with Gasteiger partial charge >= 0.3 is 5.97 Å². The van der Waals surface area contributed by atoms with Crippen molar-refractivity contribution in [3.8, 4) is 0 Å². The molecular formula is C12H15N3O3. The number of hydrogen-bond acceptors (Lipinski definition) is 4. The molecule has 18 heavy (non-hydrogen) atoms. The van der Waals surface area contributed by atoms with Crippen LogP contribution in [0.25, 0.3) is 0 Å². The first-order valence-corrected chi connectivity index (χ1v) is 5.65. The molecule has 1 aromatic heterocycles. The van der Waals surface area contributed by atoms with Gasteiger partial charge in [-0.05, 0) is 12.5 Å². The number of amides is 1. The maximum Gasteiger partial charge on any atom is 0.307 e. The van der Waals surface area contributed by atoms with Crippen LogP contribution in [0, 0.1) is 11.8 Å². The minimum atomic E-state index is -0.908. The van der Waals surface area contributed by atoms with E-state index in [0.29, 0.717) is 12.1 Å². The van der Waals surface area contributed by atoms with E-state index in [4.69, 9.17) is 5.11 Å². The Morgan fingerprint density at radius 2 is 2.17 bits per heavy atom. The average Bonchev–Trinajstić information content (AvgIpc) is 3.09. The van der Waals surface area contributed by atoms with Crippen molar-refractivity contribution in [3.63, 3.8) is 0 Å². The molecule has 1 aromatic rings. The second kappa shape index (κ2) is 4.64. The predicted octanol–water partition coefficient (Wildman–Crippen LogP) is 0.807. The Hall–Kier alpha value is -2.11. The number of carbonyl (C=O) groups excluding carboxylic acids is 1. The molecule has 0 aromatic carbocycles. The molecule has 1 aliphatic rings. The molecule has 0 unspecified atom stereocenters. The second-order valence-electron chi connectivity index (χ2n) is 4.56. The van der Waals surface area contributed by atoms with Crippen molar-refractivity contribution in [2.45, 2.75) is 6.42 Å². The average molecular weight is 249 g/mol. The van der Waals surface area contributed by atoms with Gasteiger partial charge in [-0.15, -0.1) is 0 Å². The van der Waals surface area contributed by atoms with E-state index in [2.05, 4.69) is 10.3 Å². The van der Waals surface area contributed by atoms with E-state index in [0.717, 1.165) is 5.69 Å². The Morgan fingerprint density at radius 3 is 2.72 bits per heavy atom. The minimum absolute atomic E-state index is 0.251. The van der Waals surface area contributed by atoms with E-state index in [1.54, 1.807) is 18.5 Å². The van der Waals surface area contributed by atoms with E-state index in [9.17, 15) is 9.59 Å². The zero-order chi connectivity index (χ0) is 13.3. The van der Waals surface area contributed by atoms with Crippen LogP contribution in [-0.4, -0.2) is 36.1 Å². The zero-order valence-electron chi connectivity index (χ0n) is 10.3. The van der Waals surface area contributed by atoms with Crippen LogP contribution >= 0.6 is 0 Å². The van der Waals surface area contributed by atoms with Crippen molar-refractivity contribution in [3.05, 3.63) is 18.5 Å². The third kappa shape index (κ3) is 2.42. The number of nitrogens with one attached hydrogen (secondary N) is 1. The summed E-state index contributed by atoms with van der Waals surface area (Å²) in [5, 5.41) is 11.5. The van der Waals surface area contributed by atoms with Gasteiger partial charge in [0.05, 0.1) is 29.4 Å². The van der Waals surface area contributed by atoms with Crippen molar-refractivity contribution >= 4 is 23.3 Å². The van der Waals surface area contributed by atoms with Gasteiger partial charge in [0.1, 0.15) is 0 Å². The molecule has 0 aliphatic heterocycles. The summed E-state index contributed by atoms with van der Waals surface area (Å²) in [5.74, 6) is -2.12. The molecule has 1 fully saturated rings. The fourth-order valence-corrected chi connectivity index (χ4v) is 1.86. The maximum absolute atomic E-state index is 11.8. The highest BCUT2D eigenvalue weighted by molar-refractivity contribution is 6.00. The first-order valence-electron chi connectivity index (χ1n) is 5.65. The third-order valence-electron chi connectivity index (χ3n) is 2.98. The first kappa shape index (κ1) is 12.3. The van der Waals surface area contributed by atoms with Crippen LogP contribution in [0.15, 0.2) is 18.5 Å². The summed E-state index contributed by atoms with van der Waals surface area (Å²) < 4.78 is 0. The number of hydrogen-bond donors (Lipinski definition) is 2. The molecule has 1 aliphatic carbocycles. The normalized spacial score (nSPS) is 21.2. The maximum atomic E-state index is 11.8. The van der Waals surface area contributed by atoms with Gasteiger partial charge in [0.15, 0.2) is 0 Å². The molecule has 0 radical (unpaired) electrons. The molecule has 1 amide bonds. The number of rotatable bonds is 4. The molecule has 6 nitrogen and oxygen atoms in total. The minimum Gasteiger partial charge on any atom is -0.481 e. The summed E-state index contributed by atoms with van der Waals surface area (Å²) in [7, 11) is 3.73. The van der Waals surface area contributed by atoms with Gasteiger partial charge in [0.2, 0.25) is 5.91 Å². The number of aliphatic carboxylic acids is 1. The number of anilines is 2. The Labute approximate surface area is 105 Å². The highest BCUT2D eigenvalue weighted by Gasteiger charge is 2.48. The monoisotopic (exact) mass is 249 g/mol. The van der Waals surface area contributed by atoms with Crippen LogP contribution in [-0.2, 0) is 9.59 Å². The molecule has 0 saturated heterocycles. The largest absolute Gasteiger partial charge is 0.481 e. The number of carboxylic acids is 1. The highest BCUT2D eigenvalue weighted by Crippen LogP contribution is 2.39. The summed E-state index contributed by atoms with van der Waals surface area (Å²) in [6, 6.07) is 1.79. The van der Waals surface area contributed by atoms with Crippen molar-refractivity contribution < 1.29 is 14.7 Å². The van der Waals surface area contributed by atoms with Gasteiger partial charge in [0, 0.05) is 20.3 Å². The van der Waals surface area contributed by atoms with Crippen LogP contribution in [0.2, 0.25) is 0 Å². The molecule has 2 atom stereocenters. The Kier molecular flexibility index (Phi) is 3.18. The Bertz CT molecular complexity index is 487. The quantitative estimate of drug-likeness (QED) is 0.825. The van der Waals surface area contributed by atoms with Crippen LogP contribution < -0.4 is 10.2 Å². The molecular weight excluding hydrogens is 234 g/mol. The molecule has 96 valence electrons. The molecule has 0 spiro atoms. The van der Waals surface area contributed by atoms with Crippen LogP contribution in [0.5, 0.6) is 0 Å². The van der Waals surface area contributed by atoms with Crippen molar-refractivity contribution in [1.82, 2.24) is 4.98 Å². The highest BCUT2D eigenvalue weighted by atomic mass is 16.4. The fraction of sp³-hybridized carbons (Fsp3) is 0.417. The molecule has 1 saturated carbocycles. The standard InChI is InChI=1S/C12H15N3O3/c1-15(2)10-3-4-13-6-9(10)14-11(16)7-5-8(7)12(17)18/h3-4,6-8H,5H2,1-2H3,(H,14,16)(H,17,18)/t7-,8+/m1/s1. The van der Waals surface area contributed by atoms with E-state index >= 15 is 0 Å². The molecule has 2 rings (SSSR count). The summed E-state index contributed by atoms with van der Waals surface area (Å²) >= 11 is 0. The van der Waals surface area contributed by atoms with Gasteiger partial charge < -0.3 is 15.3 Å². The van der Waals surface area contributed by atoms with E-state index in [-0.39, 0.29) is 5.91 Å². The van der Waals surface area contributed by atoms with Crippen molar-refractivity contribution in [2.75, 3.05) is 24.3 Å². The van der Waals surface area contributed by atoms with E-state index in [1.807, 2.05) is 19.0 Å². The first-order chi connectivity index (χ1) is 8.50. The molecule has 1 heterocycles. The lowest BCUT2D eigenvalue weighted by Crippen LogP contribution is -2.19. The smallest absolute Gasteiger partial charge is 0.307 e. The zero-order valence-corrected chi connectivity index (χ0v) is 10.3. The lowest BCUT2D eigenvalue weighted by atomic mass is 10.2. The lowest BCUT2D eigenvalue weighted by molar-refractivity contribution is -0.139. The number of aromatic nitrogens is 1.